The van der Waals surface area contributed by atoms with E-state index in [-0.39, 0.29) is 11.7 Å². The fourth-order valence-electron chi connectivity index (χ4n) is 2.85. The van der Waals surface area contributed by atoms with Gasteiger partial charge < -0.3 is 10.6 Å². The molecule has 0 bridgehead atoms. The molecule has 1 aromatic heterocycles. The largest absolute Gasteiger partial charge is 0.323 e. The number of amidine groups is 1. The lowest BCUT2D eigenvalue weighted by Gasteiger charge is -2.13. The molecule has 7 heteroatoms. The van der Waals surface area contributed by atoms with Crippen molar-refractivity contribution in [2.24, 2.45) is 10.9 Å². The van der Waals surface area contributed by atoms with Crippen LogP contribution in [0.4, 0.5) is 11.5 Å². The van der Waals surface area contributed by atoms with Crippen molar-refractivity contribution in [3.8, 4) is 11.4 Å². The molecule has 0 radical (unpaired) electrons. The minimum absolute atomic E-state index is 0.000689. The summed E-state index contributed by atoms with van der Waals surface area (Å²) in [5.74, 6) is 1.77. The fraction of sp³-hybridized carbons (Fsp3) is 0.261. The molecular weight excluding hydrogens is 378 g/mol. The highest BCUT2D eigenvalue weighted by Crippen LogP contribution is 2.37. The molecule has 2 N–H and O–H groups in total. The molecule has 1 amide bonds. The standard InChI is InChI=1S/C23H25N5O2/c1-15(29)9-10-19(17-11-12-17)13-21(24-3)27-23-20(26-16(2)30)14-25-22(28-23)18-7-5-4-6-8-18/h4-10,13-14,17H,11-12H2,1-3H3,(H,26,30)(H,24,25,27,28). The molecule has 154 valence electrons. The molecule has 0 saturated heterocycles. The summed E-state index contributed by atoms with van der Waals surface area (Å²) in [6.45, 7) is 2.96. The van der Waals surface area contributed by atoms with Crippen molar-refractivity contribution >= 4 is 29.0 Å². The van der Waals surface area contributed by atoms with Gasteiger partial charge in [0.2, 0.25) is 5.91 Å². The number of aliphatic imine (C=N–C) groups is 1. The van der Waals surface area contributed by atoms with Crippen LogP contribution in [0.5, 0.6) is 0 Å². The minimum Gasteiger partial charge on any atom is -0.323 e. The van der Waals surface area contributed by atoms with Crippen molar-refractivity contribution in [3.05, 3.63) is 60.3 Å². The van der Waals surface area contributed by atoms with Gasteiger partial charge in [0.05, 0.1) is 6.20 Å². The van der Waals surface area contributed by atoms with Crippen molar-refractivity contribution < 1.29 is 9.59 Å². The third-order valence-electron chi connectivity index (χ3n) is 4.48. The van der Waals surface area contributed by atoms with Gasteiger partial charge in [-0.2, -0.15) is 0 Å². The van der Waals surface area contributed by atoms with E-state index in [1.807, 2.05) is 42.5 Å². The van der Waals surface area contributed by atoms with Gasteiger partial charge in [-0.05, 0) is 43.4 Å². The number of hydrogen-bond donors (Lipinski definition) is 2. The van der Waals surface area contributed by atoms with Crippen molar-refractivity contribution in [2.75, 3.05) is 17.7 Å². The Balaban J connectivity index is 1.94. The SMILES string of the molecule is CN=C(C=C(C=CC(C)=O)C1CC1)Nc1nc(-c2ccccc2)ncc1NC(C)=O. The Morgan fingerprint density at radius 3 is 2.43 bits per heavy atom. The van der Waals surface area contributed by atoms with E-state index in [1.165, 1.54) is 13.8 Å². The number of allylic oxidation sites excluding steroid dienone is 3. The molecule has 7 nitrogen and oxygen atoms in total. The zero-order chi connectivity index (χ0) is 21.5. The zero-order valence-corrected chi connectivity index (χ0v) is 17.3. The van der Waals surface area contributed by atoms with Gasteiger partial charge in [-0.3, -0.25) is 14.6 Å². The molecule has 1 aromatic carbocycles. The van der Waals surface area contributed by atoms with Crippen LogP contribution in [-0.4, -0.2) is 34.5 Å². The summed E-state index contributed by atoms with van der Waals surface area (Å²) in [5, 5.41) is 5.95. The van der Waals surface area contributed by atoms with E-state index in [1.54, 1.807) is 19.3 Å². The summed E-state index contributed by atoms with van der Waals surface area (Å²) in [6.07, 6.45) is 9.09. The van der Waals surface area contributed by atoms with E-state index in [2.05, 4.69) is 25.6 Å². The molecule has 30 heavy (non-hydrogen) atoms. The van der Waals surface area contributed by atoms with Gasteiger partial charge >= 0.3 is 0 Å². The Labute approximate surface area is 176 Å². The summed E-state index contributed by atoms with van der Waals surface area (Å²) < 4.78 is 0. The molecule has 1 aliphatic rings. The quantitative estimate of drug-likeness (QED) is 0.315. The first kappa shape index (κ1) is 21.1. The number of rotatable bonds is 7. The summed E-state index contributed by atoms with van der Waals surface area (Å²) in [4.78, 5) is 36.3. The van der Waals surface area contributed by atoms with Gasteiger partial charge in [0.15, 0.2) is 17.4 Å². The second kappa shape index (κ2) is 9.73. The summed E-state index contributed by atoms with van der Waals surface area (Å²) in [7, 11) is 1.68. The van der Waals surface area contributed by atoms with Crippen LogP contribution in [0.2, 0.25) is 0 Å². The molecule has 0 atom stereocenters. The van der Waals surface area contributed by atoms with Crippen LogP contribution in [0.25, 0.3) is 11.4 Å². The minimum atomic E-state index is -0.220. The van der Waals surface area contributed by atoms with Crippen LogP contribution in [0.1, 0.15) is 26.7 Å². The number of carbonyl (C=O) groups is 2. The molecule has 0 spiro atoms. The zero-order valence-electron chi connectivity index (χ0n) is 17.3. The lowest BCUT2D eigenvalue weighted by molar-refractivity contribution is -0.114. The molecule has 2 aromatic rings. The number of benzene rings is 1. The number of amides is 1. The van der Waals surface area contributed by atoms with Crippen molar-refractivity contribution in [2.45, 2.75) is 26.7 Å². The maximum Gasteiger partial charge on any atom is 0.221 e. The van der Waals surface area contributed by atoms with Crippen LogP contribution in [0, 0.1) is 5.92 Å². The number of carbonyl (C=O) groups excluding carboxylic acids is 2. The number of ketones is 1. The summed E-state index contributed by atoms with van der Waals surface area (Å²) in [6, 6.07) is 9.60. The number of anilines is 2. The predicted molar refractivity (Wildman–Crippen MR) is 119 cm³/mol. The van der Waals surface area contributed by atoms with Gasteiger partial charge in [0.1, 0.15) is 11.5 Å². The van der Waals surface area contributed by atoms with Crippen LogP contribution >= 0.6 is 0 Å². The van der Waals surface area contributed by atoms with E-state index in [0.717, 1.165) is 24.0 Å². The highest BCUT2D eigenvalue weighted by atomic mass is 16.1. The maximum atomic E-state index is 11.6. The lowest BCUT2D eigenvalue weighted by atomic mass is 10.1. The third-order valence-corrected chi connectivity index (χ3v) is 4.48. The first-order chi connectivity index (χ1) is 14.5. The Morgan fingerprint density at radius 2 is 1.83 bits per heavy atom. The first-order valence-electron chi connectivity index (χ1n) is 9.80. The molecule has 0 aliphatic heterocycles. The van der Waals surface area contributed by atoms with Crippen LogP contribution < -0.4 is 10.6 Å². The van der Waals surface area contributed by atoms with Gasteiger partial charge in [0, 0.05) is 19.5 Å². The Bertz CT molecular complexity index is 1020. The fourth-order valence-corrected chi connectivity index (χ4v) is 2.85. The van der Waals surface area contributed by atoms with E-state index in [4.69, 9.17) is 0 Å². The van der Waals surface area contributed by atoms with Crippen molar-refractivity contribution in [1.29, 1.82) is 0 Å². The van der Waals surface area contributed by atoms with Crippen LogP contribution in [0.15, 0.2) is 65.3 Å². The van der Waals surface area contributed by atoms with Crippen molar-refractivity contribution in [3.63, 3.8) is 0 Å². The number of hydrogen-bond acceptors (Lipinski definition) is 5. The lowest BCUT2D eigenvalue weighted by Crippen LogP contribution is -2.16. The second-order valence-electron chi connectivity index (χ2n) is 7.10. The Morgan fingerprint density at radius 1 is 1.10 bits per heavy atom. The monoisotopic (exact) mass is 403 g/mol. The van der Waals surface area contributed by atoms with E-state index >= 15 is 0 Å². The molecule has 0 unspecified atom stereocenters. The highest BCUT2D eigenvalue weighted by Gasteiger charge is 2.25. The predicted octanol–water partition coefficient (Wildman–Crippen LogP) is 4.02. The number of aromatic nitrogens is 2. The first-order valence-corrected chi connectivity index (χ1v) is 9.80. The van der Waals surface area contributed by atoms with Gasteiger partial charge in [-0.1, -0.05) is 36.4 Å². The summed E-state index contributed by atoms with van der Waals surface area (Å²) >= 11 is 0. The molecule has 1 saturated carbocycles. The average Bonchev–Trinajstić information content (AvgIpc) is 3.56. The normalized spacial score (nSPS) is 14.6. The number of nitrogens with one attached hydrogen (secondary N) is 2. The van der Waals surface area contributed by atoms with Gasteiger partial charge in [0.25, 0.3) is 0 Å². The van der Waals surface area contributed by atoms with E-state index in [9.17, 15) is 9.59 Å². The van der Waals surface area contributed by atoms with Crippen LogP contribution in [0.3, 0.4) is 0 Å². The highest BCUT2D eigenvalue weighted by molar-refractivity contribution is 6.06. The van der Waals surface area contributed by atoms with Crippen molar-refractivity contribution in [1.82, 2.24) is 9.97 Å². The second-order valence-corrected chi connectivity index (χ2v) is 7.10. The smallest absolute Gasteiger partial charge is 0.221 e. The molecule has 1 aliphatic carbocycles. The molecule has 1 heterocycles. The van der Waals surface area contributed by atoms with Gasteiger partial charge in [-0.25, -0.2) is 9.97 Å². The maximum absolute atomic E-state index is 11.6. The topological polar surface area (TPSA) is 96.3 Å². The molecular formula is C23H25N5O2. The van der Waals surface area contributed by atoms with E-state index < -0.39 is 0 Å². The molecule has 3 rings (SSSR count). The summed E-state index contributed by atoms with van der Waals surface area (Å²) in [5.41, 5.74) is 2.37. The average molecular weight is 403 g/mol. The Kier molecular flexibility index (Phi) is 6.85. The molecule has 1 fully saturated rings. The third kappa shape index (κ3) is 5.94. The Hall–Kier alpha value is -3.61. The van der Waals surface area contributed by atoms with Gasteiger partial charge in [-0.15, -0.1) is 0 Å². The van der Waals surface area contributed by atoms with E-state index in [0.29, 0.717) is 29.1 Å². The number of nitrogens with zero attached hydrogens (tertiary/aromatic N) is 3. The van der Waals surface area contributed by atoms with Crippen LogP contribution in [-0.2, 0) is 9.59 Å².